The minimum atomic E-state index is -0.326. The molecular formula is C26H27FN2O2. The lowest BCUT2D eigenvalue weighted by atomic mass is 10.1. The first kappa shape index (κ1) is 22.2. The average molecular weight is 419 g/mol. The molecule has 0 aliphatic rings. The SMILES string of the molecule is CCC(=O)N(Cc1cccc(F)c1)c1ccc(CC(=O)NC(C)c2ccccc2)cc1. The van der Waals surface area contributed by atoms with Crippen LogP contribution in [-0.4, -0.2) is 11.8 Å². The van der Waals surface area contributed by atoms with E-state index < -0.39 is 0 Å². The number of hydrogen-bond donors (Lipinski definition) is 1. The van der Waals surface area contributed by atoms with Gasteiger partial charge in [0, 0.05) is 12.1 Å². The molecule has 0 radical (unpaired) electrons. The predicted molar refractivity (Wildman–Crippen MR) is 121 cm³/mol. The van der Waals surface area contributed by atoms with E-state index in [0.717, 1.165) is 22.4 Å². The molecule has 0 aliphatic carbocycles. The van der Waals surface area contributed by atoms with Gasteiger partial charge in [-0.15, -0.1) is 0 Å². The van der Waals surface area contributed by atoms with Gasteiger partial charge in [0.2, 0.25) is 11.8 Å². The Labute approximate surface area is 182 Å². The summed E-state index contributed by atoms with van der Waals surface area (Å²) in [5.74, 6) is -0.440. The summed E-state index contributed by atoms with van der Waals surface area (Å²) >= 11 is 0. The largest absolute Gasteiger partial charge is 0.349 e. The lowest BCUT2D eigenvalue weighted by molar-refractivity contribution is -0.121. The number of carbonyl (C=O) groups is 2. The van der Waals surface area contributed by atoms with Gasteiger partial charge < -0.3 is 10.2 Å². The molecule has 0 saturated heterocycles. The molecule has 4 nitrogen and oxygen atoms in total. The molecule has 0 spiro atoms. The Bertz CT molecular complexity index is 1020. The van der Waals surface area contributed by atoms with E-state index in [1.54, 1.807) is 24.0 Å². The summed E-state index contributed by atoms with van der Waals surface area (Å²) in [5.41, 5.74) is 3.35. The van der Waals surface area contributed by atoms with Gasteiger partial charge in [0.05, 0.1) is 19.0 Å². The molecular weight excluding hydrogens is 391 g/mol. The minimum absolute atomic E-state index is 0.0496. The molecule has 1 N–H and O–H groups in total. The second kappa shape index (κ2) is 10.5. The van der Waals surface area contributed by atoms with E-state index in [1.165, 1.54) is 12.1 Å². The van der Waals surface area contributed by atoms with Gasteiger partial charge in [0.15, 0.2) is 0 Å². The number of amides is 2. The van der Waals surface area contributed by atoms with E-state index in [0.29, 0.717) is 13.0 Å². The number of anilines is 1. The Morgan fingerprint density at radius 2 is 1.65 bits per heavy atom. The van der Waals surface area contributed by atoms with Gasteiger partial charge in [-0.2, -0.15) is 0 Å². The van der Waals surface area contributed by atoms with Crippen LogP contribution >= 0.6 is 0 Å². The van der Waals surface area contributed by atoms with E-state index in [2.05, 4.69) is 5.32 Å². The van der Waals surface area contributed by atoms with Crippen LogP contribution in [0.25, 0.3) is 0 Å². The standard InChI is InChI=1S/C26H27FN2O2/c1-3-26(31)29(18-21-8-7-11-23(27)16-21)24-14-12-20(13-15-24)17-25(30)28-19(2)22-9-5-4-6-10-22/h4-16,19H,3,17-18H2,1-2H3,(H,28,30). The molecule has 0 fully saturated rings. The maximum Gasteiger partial charge on any atom is 0.227 e. The van der Waals surface area contributed by atoms with E-state index in [1.807, 2.05) is 61.5 Å². The molecule has 3 rings (SSSR count). The lowest BCUT2D eigenvalue weighted by Crippen LogP contribution is -2.30. The Kier molecular flexibility index (Phi) is 7.55. The first-order chi connectivity index (χ1) is 15.0. The van der Waals surface area contributed by atoms with Crippen LogP contribution in [0.4, 0.5) is 10.1 Å². The van der Waals surface area contributed by atoms with Crippen molar-refractivity contribution in [1.29, 1.82) is 0 Å². The van der Waals surface area contributed by atoms with Crippen LogP contribution in [0.1, 0.15) is 43.0 Å². The van der Waals surface area contributed by atoms with Crippen LogP contribution in [0.3, 0.4) is 0 Å². The van der Waals surface area contributed by atoms with Gasteiger partial charge in [-0.3, -0.25) is 9.59 Å². The van der Waals surface area contributed by atoms with E-state index in [-0.39, 0.29) is 30.1 Å². The van der Waals surface area contributed by atoms with Crippen LogP contribution in [0.5, 0.6) is 0 Å². The molecule has 0 bridgehead atoms. The number of benzene rings is 3. The van der Waals surface area contributed by atoms with Gasteiger partial charge in [-0.1, -0.05) is 61.5 Å². The van der Waals surface area contributed by atoms with Gasteiger partial charge in [0.1, 0.15) is 5.82 Å². The molecule has 0 aromatic heterocycles. The summed E-state index contributed by atoms with van der Waals surface area (Å²) in [6.07, 6.45) is 0.597. The summed E-state index contributed by atoms with van der Waals surface area (Å²) in [6, 6.07) is 23.3. The van der Waals surface area contributed by atoms with Gasteiger partial charge >= 0.3 is 0 Å². The third kappa shape index (κ3) is 6.25. The fourth-order valence-corrected chi connectivity index (χ4v) is 3.43. The van der Waals surface area contributed by atoms with Crippen LogP contribution in [0.2, 0.25) is 0 Å². The Morgan fingerprint density at radius 3 is 2.29 bits per heavy atom. The molecule has 2 amide bonds. The minimum Gasteiger partial charge on any atom is -0.349 e. The molecule has 5 heteroatoms. The molecule has 0 saturated carbocycles. The van der Waals surface area contributed by atoms with Crippen molar-refractivity contribution in [2.75, 3.05) is 4.90 Å². The fraction of sp³-hybridized carbons (Fsp3) is 0.231. The number of rotatable bonds is 8. The third-order valence-corrected chi connectivity index (χ3v) is 5.12. The highest BCUT2D eigenvalue weighted by Crippen LogP contribution is 2.20. The second-order valence-electron chi connectivity index (χ2n) is 7.51. The Balaban J connectivity index is 1.66. The zero-order valence-electron chi connectivity index (χ0n) is 17.8. The first-order valence-electron chi connectivity index (χ1n) is 10.4. The van der Waals surface area contributed by atoms with Gasteiger partial charge in [0.25, 0.3) is 0 Å². The van der Waals surface area contributed by atoms with Crippen molar-refractivity contribution in [3.63, 3.8) is 0 Å². The Hall–Kier alpha value is -3.47. The summed E-state index contributed by atoms with van der Waals surface area (Å²) in [6.45, 7) is 4.04. The highest BCUT2D eigenvalue weighted by molar-refractivity contribution is 5.93. The van der Waals surface area contributed by atoms with Crippen LogP contribution < -0.4 is 10.2 Å². The highest BCUT2D eigenvalue weighted by Gasteiger charge is 2.16. The van der Waals surface area contributed by atoms with E-state index >= 15 is 0 Å². The van der Waals surface area contributed by atoms with Gasteiger partial charge in [-0.25, -0.2) is 4.39 Å². The Morgan fingerprint density at radius 1 is 0.935 bits per heavy atom. The molecule has 1 unspecified atom stereocenters. The topological polar surface area (TPSA) is 49.4 Å². The summed E-state index contributed by atoms with van der Waals surface area (Å²) < 4.78 is 13.5. The first-order valence-corrected chi connectivity index (χ1v) is 10.4. The van der Waals surface area contributed by atoms with Gasteiger partial charge in [-0.05, 0) is 47.9 Å². The van der Waals surface area contributed by atoms with Crippen LogP contribution in [0, 0.1) is 5.82 Å². The lowest BCUT2D eigenvalue weighted by Gasteiger charge is -2.23. The van der Waals surface area contributed by atoms with Crippen LogP contribution in [0.15, 0.2) is 78.9 Å². The van der Waals surface area contributed by atoms with Crippen molar-refractivity contribution in [3.05, 3.63) is 101 Å². The van der Waals surface area contributed by atoms with Crippen molar-refractivity contribution in [2.24, 2.45) is 0 Å². The second-order valence-corrected chi connectivity index (χ2v) is 7.51. The average Bonchev–Trinajstić information content (AvgIpc) is 2.78. The maximum atomic E-state index is 13.5. The number of hydrogen-bond acceptors (Lipinski definition) is 2. The van der Waals surface area contributed by atoms with E-state index in [4.69, 9.17) is 0 Å². The number of halogens is 1. The zero-order chi connectivity index (χ0) is 22.2. The van der Waals surface area contributed by atoms with Crippen molar-refractivity contribution in [1.82, 2.24) is 5.32 Å². The normalized spacial score (nSPS) is 11.6. The quantitative estimate of drug-likeness (QED) is 0.547. The smallest absolute Gasteiger partial charge is 0.227 e. The molecule has 160 valence electrons. The van der Waals surface area contributed by atoms with Crippen molar-refractivity contribution in [2.45, 2.75) is 39.3 Å². The summed E-state index contributed by atoms with van der Waals surface area (Å²) in [5, 5.41) is 3.01. The molecule has 1 atom stereocenters. The number of nitrogens with one attached hydrogen (secondary N) is 1. The molecule has 31 heavy (non-hydrogen) atoms. The summed E-state index contributed by atoms with van der Waals surface area (Å²) in [4.78, 5) is 26.6. The molecule has 0 aliphatic heterocycles. The van der Waals surface area contributed by atoms with Crippen LogP contribution in [-0.2, 0) is 22.6 Å². The number of carbonyl (C=O) groups excluding carboxylic acids is 2. The zero-order valence-corrected chi connectivity index (χ0v) is 17.8. The van der Waals surface area contributed by atoms with Crippen molar-refractivity contribution >= 4 is 17.5 Å². The van der Waals surface area contributed by atoms with E-state index in [9.17, 15) is 14.0 Å². The van der Waals surface area contributed by atoms with Crippen molar-refractivity contribution in [3.8, 4) is 0 Å². The fourth-order valence-electron chi connectivity index (χ4n) is 3.43. The monoisotopic (exact) mass is 418 g/mol. The molecule has 0 heterocycles. The predicted octanol–water partition coefficient (Wildman–Crippen LogP) is 5.19. The molecule has 3 aromatic rings. The third-order valence-electron chi connectivity index (χ3n) is 5.12. The molecule has 3 aromatic carbocycles. The number of nitrogens with zero attached hydrogens (tertiary/aromatic N) is 1. The highest BCUT2D eigenvalue weighted by atomic mass is 19.1. The summed E-state index contributed by atoms with van der Waals surface area (Å²) in [7, 11) is 0. The van der Waals surface area contributed by atoms with Crippen molar-refractivity contribution < 1.29 is 14.0 Å². The maximum absolute atomic E-state index is 13.5.